The first-order chi connectivity index (χ1) is 12.5. The molecule has 4 nitrogen and oxygen atoms in total. The number of nitrogens with zero attached hydrogens (tertiary/aromatic N) is 1. The Morgan fingerprint density at radius 1 is 1.19 bits per heavy atom. The van der Waals surface area contributed by atoms with E-state index < -0.39 is 11.7 Å². The highest BCUT2D eigenvalue weighted by Gasteiger charge is 2.36. The summed E-state index contributed by atoms with van der Waals surface area (Å²) in [5.74, 6) is -0.0504. The van der Waals surface area contributed by atoms with E-state index in [4.69, 9.17) is 0 Å². The highest BCUT2D eigenvalue weighted by molar-refractivity contribution is 5.82. The number of piperidine rings is 1. The van der Waals surface area contributed by atoms with Gasteiger partial charge in [0.25, 0.3) is 0 Å². The van der Waals surface area contributed by atoms with Crippen molar-refractivity contribution in [2.75, 3.05) is 26.2 Å². The zero-order chi connectivity index (χ0) is 18.6. The smallest absolute Gasteiger partial charge is 0.354 e. The number of amides is 1. The van der Waals surface area contributed by atoms with Crippen LogP contribution in [0.1, 0.15) is 36.8 Å². The van der Waals surface area contributed by atoms with Gasteiger partial charge in [-0.15, -0.1) is 0 Å². The van der Waals surface area contributed by atoms with Gasteiger partial charge >= 0.3 is 6.18 Å². The summed E-state index contributed by atoms with van der Waals surface area (Å²) in [6.45, 7) is 3.11. The molecular weight excluding hydrogens is 343 g/mol. The maximum absolute atomic E-state index is 13.0. The van der Waals surface area contributed by atoms with Gasteiger partial charge in [-0.25, -0.2) is 0 Å². The number of rotatable bonds is 5. The monoisotopic (exact) mass is 369 g/mol. The molecule has 2 N–H and O–H groups in total. The van der Waals surface area contributed by atoms with E-state index in [2.05, 4.69) is 15.5 Å². The molecule has 1 amide bonds. The van der Waals surface area contributed by atoms with Gasteiger partial charge in [-0.3, -0.25) is 9.69 Å². The number of likely N-dealkylation sites (tertiary alicyclic amines) is 1. The van der Waals surface area contributed by atoms with E-state index in [0.717, 1.165) is 51.4 Å². The molecule has 26 heavy (non-hydrogen) atoms. The Kier molecular flexibility index (Phi) is 6.19. The van der Waals surface area contributed by atoms with Gasteiger partial charge in [0.2, 0.25) is 5.91 Å². The van der Waals surface area contributed by atoms with Crippen molar-refractivity contribution >= 4 is 5.91 Å². The van der Waals surface area contributed by atoms with Gasteiger partial charge in [-0.05, 0) is 63.4 Å². The molecule has 0 aliphatic carbocycles. The standard InChI is InChI=1S/C19H26F3N3O/c20-19(21,22)16-5-2-1-4-14(16)7-12-24-18(26)17-6-3-13-25(17)15-8-10-23-11-9-15/h1-2,4-5,15,17,23H,3,6-13H2,(H,24,26)/t17-/m0/s1. The van der Waals surface area contributed by atoms with E-state index in [1.54, 1.807) is 6.07 Å². The van der Waals surface area contributed by atoms with Crippen LogP contribution in [-0.2, 0) is 17.4 Å². The molecule has 1 aromatic rings. The van der Waals surface area contributed by atoms with E-state index >= 15 is 0 Å². The fourth-order valence-electron chi connectivity index (χ4n) is 4.10. The van der Waals surface area contributed by atoms with Crippen LogP contribution in [0.2, 0.25) is 0 Å². The topological polar surface area (TPSA) is 44.4 Å². The van der Waals surface area contributed by atoms with Crippen molar-refractivity contribution in [2.24, 2.45) is 0 Å². The third-order valence-electron chi connectivity index (χ3n) is 5.39. The first kappa shape index (κ1) is 19.2. The zero-order valence-electron chi connectivity index (χ0n) is 14.8. The highest BCUT2D eigenvalue weighted by Crippen LogP contribution is 2.32. The Bertz CT molecular complexity index is 614. The number of hydrogen-bond acceptors (Lipinski definition) is 3. The zero-order valence-corrected chi connectivity index (χ0v) is 14.8. The van der Waals surface area contributed by atoms with E-state index in [9.17, 15) is 18.0 Å². The number of nitrogens with one attached hydrogen (secondary N) is 2. The fourth-order valence-corrected chi connectivity index (χ4v) is 4.10. The number of carbonyl (C=O) groups excluding carboxylic acids is 1. The van der Waals surface area contributed by atoms with Gasteiger partial charge in [0.1, 0.15) is 0 Å². The fraction of sp³-hybridized carbons (Fsp3) is 0.632. The lowest BCUT2D eigenvalue weighted by molar-refractivity contribution is -0.138. The number of hydrogen-bond donors (Lipinski definition) is 2. The Labute approximate surface area is 152 Å². The lowest BCUT2D eigenvalue weighted by Gasteiger charge is -2.35. The Balaban J connectivity index is 1.54. The summed E-state index contributed by atoms with van der Waals surface area (Å²) in [7, 11) is 0. The summed E-state index contributed by atoms with van der Waals surface area (Å²) in [5, 5.41) is 6.19. The van der Waals surface area contributed by atoms with Crippen molar-refractivity contribution < 1.29 is 18.0 Å². The van der Waals surface area contributed by atoms with E-state index in [1.165, 1.54) is 12.1 Å². The van der Waals surface area contributed by atoms with Crippen molar-refractivity contribution in [3.8, 4) is 0 Å². The van der Waals surface area contributed by atoms with Crippen LogP contribution >= 0.6 is 0 Å². The van der Waals surface area contributed by atoms with Crippen molar-refractivity contribution in [1.29, 1.82) is 0 Å². The summed E-state index contributed by atoms with van der Waals surface area (Å²) in [5.41, 5.74) is -0.395. The molecule has 1 aromatic carbocycles. The van der Waals surface area contributed by atoms with Crippen LogP contribution in [0.25, 0.3) is 0 Å². The van der Waals surface area contributed by atoms with Crippen LogP contribution in [-0.4, -0.2) is 49.1 Å². The molecule has 2 heterocycles. The van der Waals surface area contributed by atoms with Crippen LogP contribution in [0.4, 0.5) is 13.2 Å². The minimum atomic E-state index is -4.36. The lowest BCUT2D eigenvalue weighted by Crippen LogP contribution is -2.51. The Morgan fingerprint density at radius 3 is 2.65 bits per heavy atom. The first-order valence-corrected chi connectivity index (χ1v) is 9.36. The summed E-state index contributed by atoms with van der Waals surface area (Å²) in [4.78, 5) is 14.9. The van der Waals surface area contributed by atoms with Gasteiger partial charge in [-0.1, -0.05) is 18.2 Å². The Hall–Kier alpha value is -1.60. The molecule has 3 rings (SSSR count). The second-order valence-corrected chi connectivity index (χ2v) is 7.07. The molecule has 144 valence electrons. The van der Waals surface area contributed by atoms with E-state index in [1.807, 2.05) is 0 Å². The van der Waals surface area contributed by atoms with Crippen molar-refractivity contribution in [3.63, 3.8) is 0 Å². The third-order valence-corrected chi connectivity index (χ3v) is 5.39. The molecule has 0 unspecified atom stereocenters. The van der Waals surface area contributed by atoms with Crippen LogP contribution < -0.4 is 10.6 Å². The first-order valence-electron chi connectivity index (χ1n) is 9.36. The second kappa shape index (κ2) is 8.39. The molecule has 2 aliphatic rings. The molecule has 0 radical (unpaired) electrons. The SMILES string of the molecule is O=C(NCCc1ccccc1C(F)(F)F)[C@@H]1CCCN1C1CCNCC1. The molecule has 2 aliphatic heterocycles. The predicted molar refractivity (Wildman–Crippen MR) is 93.8 cm³/mol. The molecule has 0 saturated carbocycles. The van der Waals surface area contributed by atoms with E-state index in [-0.39, 0.29) is 30.5 Å². The average Bonchev–Trinajstić information content (AvgIpc) is 3.12. The summed E-state index contributed by atoms with van der Waals surface area (Å²) in [6, 6.07) is 5.85. The average molecular weight is 369 g/mol. The van der Waals surface area contributed by atoms with Gasteiger partial charge in [0, 0.05) is 12.6 Å². The van der Waals surface area contributed by atoms with Gasteiger partial charge in [0.05, 0.1) is 11.6 Å². The highest BCUT2D eigenvalue weighted by atomic mass is 19.4. The third kappa shape index (κ3) is 4.57. The predicted octanol–water partition coefficient (Wildman–Crippen LogP) is 2.58. The quantitative estimate of drug-likeness (QED) is 0.839. The molecule has 0 aromatic heterocycles. The van der Waals surface area contributed by atoms with Crippen molar-refractivity contribution in [3.05, 3.63) is 35.4 Å². The number of carbonyl (C=O) groups is 1. The largest absolute Gasteiger partial charge is 0.416 e. The summed E-state index contributed by atoms with van der Waals surface area (Å²) >= 11 is 0. The minimum Gasteiger partial charge on any atom is -0.354 e. The van der Waals surface area contributed by atoms with Crippen LogP contribution in [0, 0.1) is 0 Å². The molecule has 7 heteroatoms. The van der Waals surface area contributed by atoms with Gasteiger partial charge in [-0.2, -0.15) is 13.2 Å². The van der Waals surface area contributed by atoms with Crippen molar-refractivity contribution in [1.82, 2.24) is 15.5 Å². The van der Waals surface area contributed by atoms with Crippen LogP contribution in [0.5, 0.6) is 0 Å². The van der Waals surface area contributed by atoms with E-state index in [0.29, 0.717) is 6.04 Å². The number of benzene rings is 1. The second-order valence-electron chi connectivity index (χ2n) is 7.07. The molecule has 0 spiro atoms. The maximum atomic E-state index is 13.0. The molecule has 0 bridgehead atoms. The van der Waals surface area contributed by atoms with Crippen LogP contribution in [0.3, 0.4) is 0 Å². The molecule has 2 saturated heterocycles. The minimum absolute atomic E-state index is 0.0504. The Morgan fingerprint density at radius 2 is 1.92 bits per heavy atom. The van der Waals surface area contributed by atoms with Crippen molar-refractivity contribution in [2.45, 2.75) is 50.4 Å². The lowest BCUT2D eigenvalue weighted by atomic mass is 10.0. The maximum Gasteiger partial charge on any atom is 0.416 e. The molecule has 2 fully saturated rings. The number of alkyl halides is 3. The van der Waals surface area contributed by atoms with Gasteiger partial charge in [0.15, 0.2) is 0 Å². The van der Waals surface area contributed by atoms with Crippen LogP contribution in [0.15, 0.2) is 24.3 Å². The summed E-state index contributed by atoms with van der Waals surface area (Å²) < 4.78 is 39.1. The van der Waals surface area contributed by atoms with Gasteiger partial charge < -0.3 is 10.6 Å². The summed E-state index contributed by atoms with van der Waals surface area (Å²) in [6.07, 6.45) is -0.265. The number of halogens is 3. The normalized spacial score (nSPS) is 22.5. The molecule has 1 atom stereocenters. The molecular formula is C19H26F3N3O.